The molecule has 1 fully saturated rings. The van der Waals surface area contributed by atoms with Crippen molar-refractivity contribution in [2.24, 2.45) is 0 Å². The van der Waals surface area contributed by atoms with Crippen molar-refractivity contribution in [1.82, 2.24) is 10.2 Å². The van der Waals surface area contributed by atoms with Gasteiger partial charge in [0.15, 0.2) is 0 Å². The zero-order valence-electron chi connectivity index (χ0n) is 12.6. The number of para-hydroxylation sites is 1. The van der Waals surface area contributed by atoms with Crippen LogP contribution >= 0.6 is 12.4 Å². The van der Waals surface area contributed by atoms with E-state index in [4.69, 9.17) is 4.74 Å². The molecule has 1 aromatic carbocycles. The zero-order valence-corrected chi connectivity index (χ0v) is 13.4. The van der Waals surface area contributed by atoms with Crippen LogP contribution in [0.2, 0.25) is 0 Å². The Labute approximate surface area is 129 Å². The highest BCUT2D eigenvalue weighted by molar-refractivity contribution is 5.85. The highest BCUT2D eigenvalue weighted by atomic mass is 35.5. The summed E-state index contributed by atoms with van der Waals surface area (Å²) in [6.45, 7) is 2.95. The molecule has 0 unspecified atom stereocenters. The highest BCUT2D eigenvalue weighted by Crippen LogP contribution is 2.26. The second kappa shape index (κ2) is 9.22. The monoisotopic (exact) mass is 298 g/mol. The standard InChI is InChI=1S/C16H26N2O.ClH/c1-18(2)12-11-17-13-14-7-3-6-10-16(14)19-15-8-4-5-9-15;/h3,6-7,10,15,17H,4-5,8-9,11-13H2,1-2H3;1H. The van der Waals surface area contributed by atoms with E-state index < -0.39 is 0 Å². The number of benzene rings is 1. The quantitative estimate of drug-likeness (QED) is 0.783. The average Bonchev–Trinajstić information content (AvgIpc) is 2.89. The van der Waals surface area contributed by atoms with Gasteiger partial charge in [0.25, 0.3) is 0 Å². The first-order valence-corrected chi connectivity index (χ1v) is 7.35. The predicted octanol–water partition coefficient (Wildman–Crippen LogP) is 3.08. The number of ether oxygens (including phenoxy) is 1. The van der Waals surface area contributed by atoms with Gasteiger partial charge in [-0.3, -0.25) is 0 Å². The lowest BCUT2D eigenvalue weighted by Crippen LogP contribution is -2.26. The summed E-state index contributed by atoms with van der Waals surface area (Å²) in [4.78, 5) is 2.19. The summed E-state index contributed by atoms with van der Waals surface area (Å²) in [6.07, 6.45) is 5.48. The van der Waals surface area contributed by atoms with E-state index in [0.717, 1.165) is 25.4 Å². The molecule has 20 heavy (non-hydrogen) atoms. The number of nitrogens with one attached hydrogen (secondary N) is 1. The molecular weight excluding hydrogens is 272 g/mol. The molecule has 114 valence electrons. The Morgan fingerprint density at radius 3 is 2.60 bits per heavy atom. The van der Waals surface area contributed by atoms with E-state index in [0.29, 0.717) is 6.10 Å². The number of rotatable bonds is 7. The van der Waals surface area contributed by atoms with Crippen LogP contribution in [0.25, 0.3) is 0 Å². The summed E-state index contributed by atoms with van der Waals surface area (Å²) in [6, 6.07) is 8.41. The van der Waals surface area contributed by atoms with Crippen LogP contribution in [-0.2, 0) is 6.54 Å². The maximum atomic E-state index is 6.13. The number of halogens is 1. The number of hydrogen-bond acceptors (Lipinski definition) is 3. The Morgan fingerprint density at radius 1 is 1.20 bits per heavy atom. The Balaban J connectivity index is 0.00000200. The largest absolute Gasteiger partial charge is 0.490 e. The van der Waals surface area contributed by atoms with Gasteiger partial charge in [-0.1, -0.05) is 18.2 Å². The normalized spacial score (nSPS) is 15.3. The van der Waals surface area contributed by atoms with E-state index >= 15 is 0 Å². The van der Waals surface area contributed by atoms with Crippen LogP contribution in [0.3, 0.4) is 0 Å². The van der Waals surface area contributed by atoms with Crippen LogP contribution in [0.15, 0.2) is 24.3 Å². The van der Waals surface area contributed by atoms with Gasteiger partial charge in [-0.05, 0) is 45.8 Å². The maximum Gasteiger partial charge on any atom is 0.124 e. The molecule has 1 saturated carbocycles. The third-order valence-corrected chi connectivity index (χ3v) is 3.62. The van der Waals surface area contributed by atoms with Gasteiger partial charge in [-0.25, -0.2) is 0 Å². The second-order valence-electron chi connectivity index (χ2n) is 5.61. The zero-order chi connectivity index (χ0) is 13.5. The first-order valence-electron chi connectivity index (χ1n) is 7.35. The fourth-order valence-corrected chi connectivity index (χ4v) is 2.48. The topological polar surface area (TPSA) is 24.5 Å². The summed E-state index contributed by atoms with van der Waals surface area (Å²) in [5.74, 6) is 1.06. The van der Waals surface area contributed by atoms with Crippen molar-refractivity contribution in [1.29, 1.82) is 0 Å². The molecule has 1 aromatic rings. The van der Waals surface area contributed by atoms with Crippen molar-refractivity contribution in [3.63, 3.8) is 0 Å². The molecule has 0 aromatic heterocycles. The minimum Gasteiger partial charge on any atom is -0.490 e. The van der Waals surface area contributed by atoms with E-state index in [-0.39, 0.29) is 12.4 Å². The van der Waals surface area contributed by atoms with Crippen LogP contribution in [0.4, 0.5) is 0 Å². The SMILES string of the molecule is CN(C)CCNCc1ccccc1OC1CCCC1.Cl. The van der Waals surface area contributed by atoms with Crippen LogP contribution in [-0.4, -0.2) is 38.2 Å². The first kappa shape index (κ1) is 17.3. The van der Waals surface area contributed by atoms with Gasteiger partial charge in [0, 0.05) is 25.2 Å². The van der Waals surface area contributed by atoms with E-state index in [1.807, 2.05) is 0 Å². The summed E-state index contributed by atoms with van der Waals surface area (Å²) in [7, 11) is 4.19. The number of hydrogen-bond donors (Lipinski definition) is 1. The van der Waals surface area contributed by atoms with Gasteiger partial charge < -0.3 is 15.0 Å². The fourth-order valence-electron chi connectivity index (χ4n) is 2.48. The van der Waals surface area contributed by atoms with Crippen LogP contribution in [0, 0.1) is 0 Å². The smallest absolute Gasteiger partial charge is 0.124 e. The van der Waals surface area contributed by atoms with Gasteiger partial charge in [0.1, 0.15) is 5.75 Å². The molecule has 1 N–H and O–H groups in total. The minimum absolute atomic E-state index is 0. The molecule has 4 heteroatoms. The van der Waals surface area contributed by atoms with E-state index in [9.17, 15) is 0 Å². The molecular formula is C16H27ClN2O. The van der Waals surface area contributed by atoms with Gasteiger partial charge in [-0.2, -0.15) is 0 Å². The molecule has 3 nitrogen and oxygen atoms in total. The van der Waals surface area contributed by atoms with E-state index in [1.165, 1.54) is 31.2 Å². The van der Waals surface area contributed by atoms with Gasteiger partial charge >= 0.3 is 0 Å². The van der Waals surface area contributed by atoms with E-state index in [1.54, 1.807) is 0 Å². The van der Waals surface area contributed by atoms with Crippen molar-refractivity contribution < 1.29 is 4.74 Å². The first-order chi connectivity index (χ1) is 9.25. The summed E-state index contributed by atoms with van der Waals surface area (Å²) in [5.41, 5.74) is 1.27. The Kier molecular flexibility index (Phi) is 7.97. The van der Waals surface area contributed by atoms with Gasteiger partial charge in [-0.15, -0.1) is 12.4 Å². The van der Waals surface area contributed by atoms with Crippen LogP contribution in [0.5, 0.6) is 5.75 Å². The van der Waals surface area contributed by atoms with E-state index in [2.05, 4.69) is 48.6 Å². The fraction of sp³-hybridized carbons (Fsp3) is 0.625. The molecule has 1 aliphatic rings. The molecule has 0 aliphatic heterocycles. The molecule has 1 aliphatic carbocycles. The van der Waals surface area contributed by atoms with Crippen LogP contribution in [0.1, 0.15) is 31.2 Å². The predicted molar refractivity (Wildman–Crippen MR) is 86.8 cm³/mol. The summed E-state index contributed by atoms with van der Waals surface area (Å²) >= 11 is 0. The average molecular weight is 299 g/mol. The van der Waals surface area contributed by atoms with Crippen molar-refractivity contribution in [3.8, 4) is 5.75 Å². The number of likely N-dealkylation sites (N-methyl/N-ethyl adjacent to an activating group) is 1. The molecule has 2 rings (SSSR count). The summed E-state index contributed by atoms with van der Waals surface area (Å²) < 4.78 is 6.13. The van der Waals surface area contributed by atoms with Crippen molar-refractivity contribution >= 4 is 12.4 Å². The molecule has 0 spiro atoms. The maximum absolute atomic E-state index is 6.13. The minimum atomic E-state index is 0. The third kappa shape index (κ3) is 5.70. The third-order valence-electron chi connectivity index (χ3n) is 3.62. The molecule has 0 saturated heterocycles. The van der Waals surface area contributed by atoms with Gasteiger partial charge in [0.2, 0.25) is 0 Å². The van der Waals surface area contributed by atoms with Crippen molar-refractivity contribution in [3.05, 3.63) is 29.8 Å². The highest BCUT2D eigenvalue weighted by Gasteiger charge is 2.17. The van der Waals surface area contributed by atoms with Crippen molar-refractivity contribution in [2.45, 2.75) is 38.3 Å². The van der Waals surface area contributed by atoms with Gasteiger partial charge in [0.05, 0.1) is 6.10 Å². The lowest BCUT2D eigenvalue weighted by molar-refractivity contribution is 0.207. The molecule has 0 heterocycles. The van der Waals surface area contributed by atoms with Crippen molar-refractivity contribution in [2.75, 3.05) is 27.2 Å². The summed E-state index contributed by atoms with van der Waals surface area (Å²) in [5, 5.41) is 3.48. The van der Waals surface area contributed by atoms with Crippen LogP contribution < -0.4 is 10.1 Å². The Morgan fingerprint density at radius 2 is 1.90 bits per heavy atom. The Hall–Kier alpha value is -0.770. The lowest BCUT2D eigenvalue weighted by Gasteiger charge is -2.17. The molecule has 0 amide bonds. The second-order valence-corrected chi connectivity index (χ2v) is 5.61. The molecule has 0 atom stereocenters. The molecule has 0 radical (unpaired) electrons. The molecule has 0 bridgehead atoms. The Bertz CT molecular complexity index is 378. The number of nitrogens with zero attached hydrogens (tertiary/aromatic N) is 1. The lowest BCUT2D eigenvalue weighted by atomic mass is 10.2.